The van der Waals surface area contributed by atoms with Gasteiger partial charge in [0.05, 0.1) is 11.9 Å². The van der Waals surface area contributed by atoms with E-state index in [4.69, 9.17) is 10.5 Å². The summed E-state index contributed by atoms with van der Waals surface area (Å²) in [6.45, 7) is 2.23. The van der Waals surface area contributed by atoms with Crippen LogP contribution in [0.25, 0.3) is 0 Å². The van der Waals surface area contributed by atoms with Crippen molar-refractivity contribution in [3.05, 3.63) is 0 Å². The van der Waals surface area contributed by atoms with Gasteiger partial charge in [0.2, 0.25) is 0 Å². The fourth-order valence-electron chi connectivity index (χ4n) is 1.93. The molecule has 0 spiro atoms. The summed E-state index contributed by atoms with van der Waals surface area (Å²) in [7, 11) is -2.83. The Morgan fingerprint density at radius 1 is 1.25 bits per heavy atom. The lowest BCUT2D eigenvalue weighted by atomic mass is 9.94. The molecular formula is C11H23NO3S. The Bertz CT molecular complexity index is 282. The highest BCUT2D eigenvalue weighted by Gasteiger charge is 2.18. The molecule has 0 atom stereocenters. The van der Waals surface area contributed by atoms with Gasteiger partial charge in [0.25, 0.3) is 0 Å². The van der Waals surface area contributed by atoms with Crippen LogP contribution in [0, 0.1) is 0 Å². The topological polar surface area (TPSA) is 69.4 Å². The van der Waals surface area contributed by atoms with Crippen molar-refractivity contribution in [1.29, 1.82) is 0 Å². The molecule has 0 amide bonds. The normalized spacial score (nSPS) is 26.9. The molecule has 0 aromatic carbocycles. The van der Waals surface area contributed by atoms with Crippen LogP contribution in [0.15, 0.2) is 0 Å². The smallest absolute Gasteiger partial charge is 0.150 e. The molecule has 0 aliphatic heterocycles. The molecule has 2 N–H and O–H groups in total. The zero-order valence-electron chi connectivity index (χ0n) is 10.0. The summed E-state index contributed by atoms with van der Waals surface area (Å²) in [6.07, 6.45) is 4.99. The number of nitrogens with two attached hydrogens (primary N) is 1. The maximum Gasteiger partial charge on any atom is 0.150 e. The molecular weight excluding hydrogens is 226 g/mol. The van der Waals surface area contributed by atoms with Crippen molar-refractivity contribution in [3.8, 4) is 0 Å². The summed E-state index contributed by atoms with van der Waals surface area (Å²) < 4.78 is 28.1. The van der Waals surface area contributed by atoms with Crippen LogP contribution in [0.2, 0.25) is 0 Å². The molecule has 0 bridgehead atoms. The second kappa shape index (κ2) is 6.57. The summed E-state index contributed by atoms with van der Waals surface area (Å²) >= 11 is 0. The van der Waals surface area contributed by atoms with Gasteiger partial charge >= 0.3 is 0 Å². The zero-order valence-corrected chi connectivity index (χ0v) is 10.8. The molecule has 0 unspecified atom stereocenters. The van der Waals surface area contributed by atoms with E-state index in [0.29, 0.717) is 25.2 Å². The van der Waals surface area contributed by atoms with Gasteiger partial charge < -0.3 is 10.5 Å². The molecule has 96 valence electrons. The third-order valence-electron chi connectivity index (χ3n) is 3.11. The highest BCUT2D eigenvalue weighted by molar-refractivity contribution is 7.91. The lowest BCUT2D eigenvalue weighted by Crippen LogP contribution is -2.30. The van der Waals surface area contributed by atoms with Crippen LogP contribution in [-0.4, -0.2) is 38.7 Å². The van der Waals surface area contributed by atoms with E-state index in [0.717, 1.165) is 25.7 Å². The molecule has 5 heteroatoms. The molecule has 0 aromatic rings. The van der Waals surface area contributed by atoms with Gasteiger partial charge in [0.15, 0.2) is 0 Å². The third-order valence-corrected chi connectivity index (χ3v) is 4.90. The molecule has 1 saturated carbocycles. The summed E-state index contributed by atoms with van der Waals surface area (Å²) in [5.41, 5.74) is 5.79. The molecule has 0 saturated heterocycles. The first kappa shape index (κ1) is 13.9. The first-order valence-electron chi connectivity index (χ1n) is 6.11. The van der Waals surface area contributed by atoms with E-state index in [1.54, 1.807) is 6.92 Å². The second-order valence-electron chi connectivity index (χ2n) is 4.50. The Balaban J connectivity index is 2.08. The predicted octanol–water partition coefficient (Wildman–Crippen LogP) is 1.10. The van der Waals surface area contributed by atoms with Crippen molar-refractivity contribution < 1.29 is 13.2 Å². The summed E-state index contributed by atoms with van der Waals surface area (Å²) in [4.78, 5) is 0. The lowest BCUT2D eigenvalue weighted by molar-refractivity contribution is 0.0259. The van der Waals surface area contributed by atoms with E-state index in [9.17, 15) is 8.42 Å². The summed E-state index contributed by atoms with van der Waals surface area (Å²) in [6, 6.07) is 0.334. The molecule has 0 radical (unpaired) electrons. The van der Waals surface area contributed by atoms with Gasteiger partial charge in [-0.15, -0.1) is 0 Å². The Morgan fingerprint density at radius 2 is 1.88 bits per heavy atom. The zero-order chi connectivity index (χ0) is 12.0. The third kappa shape index (κ3) is 5.27. The quantitative estimate of drug-likeness (QED) is 0.716. The monoisotopic (exact) mass is 249 g/mol. The first-order chi connectivity index (χ1) is 7.53. The highest BCUT2D eigenvalue weighted by atomic mass is 32.2. The summed E-state index contributed by atoms with van der Waals surface area (Å²) in [5, 5.41) is 0. The standard InChI is InChI=1S/C11H23NO3S/c1-2-16(13,14)9-3-8-15-11-6-4-10(12)5-7-11/h10-11H,2-9,12H2,1H3. The van der Waals surface area contributed by atoms with E-state index in [1.807, 2.05) is 0 Å². The Kier molecular flexibility index (Phi) is 5.72. The fraction of sp³-hybridized carbons (Fsp3) is 1.00. The second-order valence-corrected chi connectivity index (χ2v) is 6.97. The SMILES string of the molecule is CCS(=O)(=O)CCCOC1CCC(N)CC1. The minimum absolute atomic E-state index is 0.227. The van der Waals surface area contributed by atoms with Crippen LogP contribution in [0.4, 0.5) is 0 Å². The molecule has 1 rings (SSSR count). The highest BCUT2D eigenvalue weighted by Crippen LogP contribution is 2.19. The molecule has 1 fully saturated rings. The average molecular weight is 249 g/mol. The Hall–Kier alpha value is -0.130. The van der Waals surface area contributed by atoms with E-state index < -0.39 is 9.84 Å². The van der Waals surface area contributed by atoms with Crippen molar-refractivity contribution in [1.82, 2.24) is 0 Å². The van der Waals surface area contributed by atoms with Gasteiger partial charge in [-0.1, -0.05) is 6.92 Å². The largest absolute Gasteiger partial charge is 0.378 e. The number of rotatable bonds is 6. The maximum absolute atomic E-state index is 11.2. The molecule has 16 heavy (non-hydrogen) atoms. The van der Waals surface area contributed by atoms with Crippen molar-refractivity contribution in [2.24, 2.45) is 5.73 Å². The Morgan fingerprint density at radius 3 is 2.44 bits per heavy atom. The van der Waals surface area contributed by atoms with Crippen molar-refractivity contribution in [2.45, 2.75) is 51.2 Å². The van der Waals surface area contributed by atoms with Crippen molar-refractivity contribution in [3.63, 3.8) is 0 Å². The van der Waals surface area contributed by atoms with E-state index in [2.05, 4.69) is 0 Å². The molecule has 1 aliphatic carbocycles. The van der Waals surface area contributed by atoms with E-state index in [1.165, 1.54) is 0 Å². The van der Waals surface area contributed by atoms with Crippen LogP contribution < -0.4 is 5.73 Å². The minimum Gasteiger partial charge on any atom is -0.378 e. The number of hydrogen-bond acceptors (Lipinski definition) is 4. The Labute approximate surface area is 98.5 Å². The summed E-state index contributed by atoms with van der Waals surface area (Å²) in [5.74, 6) is 0.473. The molecule has 0 heterocycles. The number of ether oxygens (including phenoxy) is 1. The van der Waals surface area contributed by atoms with Crippen molar-refractivity contribution in [2.75, 3.05) is 18.1 Å². The van der Waals surface area contributed by atoms with Gasteiger partial charge in [0.1, 0.15) is 9.84 Å². The fourth-order valence-corrected chi connectivity index (χ4v) is 2.77. The van der Waals surface area contributed by atoms with Gasteiger partial charge in [-0.05, 0) is 32.1 Å². The first-order valence-corrected chi connectivity index (χ1v) is 7.93. The van der Waals surface area contributed by atoms with Crippen LogP contribution >= 0.6 is 0 Å². The maximum atomic E-state index is 11.2. The van der Waals surface area contributed by atoms with Crippen LogP contribution in [-0.2, 0) is 14.6 Å². The van der Waals surface area contributed by atoms with Gasteiger partial charge in [-0.25, -0.2) is 8.42 Å². The van der Waals surface area contributed by atoms with E-state index >= 15 is 0 Å². The minimum atomic E-state index is -2.83. The molecule has 0 aromatic heterocycles. The average Bonchev–Trinajstić information content (AvgIpc) is 2.27. The number of hydrogen-bond donors (Lipinski definition) is 1. The van der Waals surface area contributed by atoms with Gasteiger partial charge in [-0.3, -0.25) is 0 Å². The van der Waals surface area contributed by atoms with E-state index in [-0.39, 0.29) is 11.5 Å². The van der Waals surface area contributed by atoms with Crippen LogP contribution in [0.3, 0.4) is 0 Å². The van der Waals surface area contributed by atoms with Crippen LogP contribution in [0.1, 0.15) is 39.0 Å². The van der Waals surface area contributed by atoms with Crippen LogP contribution in [0.5, 0.6) is 0 Å². The molecule has 4 nitrogen and oxygen atoms in total. The van der Waals surface area contributed by atoms with Gasteiger partial charge in [0, 0.05) is 18.4 Å². The lowest BCUT2D eigenvalue weighted by Gasteiger charge is -2.26. The van der Waals surface area contributed by atoms with Crippen molar-refractivity contribution >= 4 is 9.84 Å². The van der Waals surface area contributed by atoms with Gasteiger partial charge in [-0.2, -0.15) is 0 Å². The predicted molar refractivity (Wildman–Crippen MR) is 65.1 cm³/mol. The number of sulfone groups is 1. The molecule has 1 aliphatic rings.